The summed E-state index contributed by atoms with van der Waals surface area (Å²) in [5.41, 5.74) is 2.88. The van der Waals surface area contributed by atoms with Crippen LogP contribution in [0, 0.1) is 0 Å². The van der Waals surface area contributed by atoms with Crippen LogP contribution in [0.1, 0.15) is 30.5 Å². The Hall–Kier alpha value is -2.97. The van der Waals surface area contributed by atoms with Crippen molar-refractivity contribution in [2.45, 2.75) is 31.0 Å². The van der Waals surface area contributed by atoms with Gasteiger partial charge in [-0.3, -0.25) is 9.59 Å². The zero-order chi connectivity index (χ0) is 24.1. The number of methoxy groups -OCH3 is 1. The first-order valence-corrected chi connectivity index (χ1v) is 12.5. The molecule has 2 amide bonds. The monoisotopic (exact) mass is 481 g/mol. The highest BCUT2D eigenvalue weighted by Crippen LogP contribution is 2.42. The summed E-state index contributed by atoms with van der Waals surface area (Å²) in [5.74, 6) is 0.803. The highest BCUT2D eigenvalue weighted by molar-refractivity contribution is 8.00. The standard InChI is InChI=1S/C26H31N3O4S/c1-4-33-15-7-14-27-25(31)24-23-20-8-5-6-9-21(20)28(2)26(23)34-17-22(30)29(24)16-18-10-12-19(32-3)13-11-18/h5-6,8-13,24H,4,7,14-17H2,1-3H3,(H,27,31). The Morgan fingerprint density at radius 2 is 1.94 bits per heavy atom. The minimum absolute atomic E-state index is 0.0597. The zero-order valence-corrected chi connectivity index (χ0v) is 20.7. The lowest BCUT2D eigenvalue weighted by Gasteiger charge is -2.30. The topological polar surface area (TPSA) is 72.8 Å². The molecule has 3 aromatic rings. The summed E-state index contributed by atoms with van der Waals surface area (Å²) in [6.07, 6.45) is 0.718. The molecule has 0 saturated heterocycles. The summed E-state index contributed by atoms with van der Waals surface area (Å²) in [4.78, 5) is 28.7. The smallest absolute Gasteiger partial charge is 0.247 e. The number of nitrogens with zero attached hydrogens (tertiary/aromatic N) is 2. The molecule has 1 unspecified atom stereocenters. The summed E-state index contributed by atoms with van der Waals surface area (Å²) in [6, 6.07) is 15.0. The fourth-order valence-electron chi connectivity index (χ4n) is 4.36. The van der Waals surface area contributed by atoms with Gasteiger partial charge in [0.05, 0.1) is 17.9 Å². The van der Waals surface area contributed by atoms with Crippen LogP contribution in [-0.4, -0.2) is 53.9 Å². The third-order valence-corrected chi connectivity index (χ3v) is 7.22. The van der Waals surface area contributed by atoms with E-state index in [1.807, 2.05) is 56.4 Å². The van der Waals surface area contributed by atoms with E-state index in [2.05, 4.69) is 16.0 Å². The number of thioether (sulfide) groups is 1. The maximum atomic E-state index is 13.7. The van der Waals surface area contributed by atoms with Gasteiger partial charge in [-0.05, 0) is 37.1 Å². The molecule has 2 heterocycles. The van der Waals surface area contributed by atoms with E-state index in [1.54, 1.807) is 12.0 Å². The van der Waals surface area contributed by atoms with Crippen molar-refractivity contribution in [2.75, 3.05) is 32.6 Å². The van der Waals surface area contributed by atoms with Crippen LogP contribution in [0.4, 0.5) is 0 Å². The van der Waals surface area contributed by atoms with E-state index in [0.29, 0.717) is 26.3 Å². The van der Waals surface area contributed by atoms with Crippen molar-refractivity contribution >= 4 is 34.5 Å². The number of hydrogen-bond donors (Lipinski definition) is 1. The first-order valence-electron chi connectivity index (χ1n) is 11.5. The predicted molar refractivity (Wildman–Crippen MR) is 134 cm³/mol. The summed E-state index contributed by atoms with van der Waals surface area (Å²) in [6.45, 7) is 4.02. The number of benzene rings is 2. The molecule has 2 aromatic carbocycles. The van der Waals surface area contributed by atoms with Crippen molar-refractivity contribution in [3.05, 3.63) is 59.7 Å². The fourth-order valence-corrected chi connectivity index (χ4v) is 5.45. The number of aryl methyl sites for hydroxylation is 1. The van der Waals surface area contributed by atoms with Crippen LogP contribution in [-0.2, 0) is 27.9 Å². The Balaban J connectivity index is 1.72. The second-order valence-electron chi connectivity index (χ2n) is 8.20. The highest BCUT2D eigenvalue weighted by atomic mass is 32.2. The van der Waals surface area contributed by atoms with E-state index in [0.717, 1.165) is 39.2 Å². The molecule has 4 rings (SSSR count). The Morgan fingerprint density at radius 1 is 1.18 bits per heavy atom. The van der Waals surface area contributed by atoms with Crippen LogP contribution in [0.5, 0.6) is 5.75 Å². The second kappa shape index (κ2) is 11.0. The lowest BCUT2D eigenvalue weighted by atomic mass is 10.0. The highest BCUT2D eigenvalue weighted by Gasteiger charge is 2.38. The van der Waals surface area contributed by atoms with Crippen LogP contribution in [0.15, 0.2) is 53.6 Å². The van der Waals surface area contributed by atoms with E-state index in [9.17, 15) is 9.59 Å². The summed E-state index contributed by atoms with van der Waals surface area (Å²) in [5, 5.41) is 5.01. The summed E-state index contributed by atoms with van der Waals surface area (Å²) in [7, 11) is 3.62. The Bertz CT molecular complexity index is 1160. The molecule has 1 aliphatic rings. The maximum Gasteiger partial charge on any atom is 0.247 e. The van der Waals surface area contributed by atoms with Crippen LogP contribution >= 0.6 is 11.8 Å². The van der Waals surface area contributed by atoms with Gasteiger partial charge in [0.25, 0.3) is 0 Å². The first kappa shape index (κ1) is 24.2. The van der Waals surface area contributed by atoms with E-state index >= 15 is 0 Å². The second-order valence-corrected chi connectivity index (χ2v) is 9.16. The van der Waals surface area contributed by atoms with Crippen molar-refractivity contribution in [1.82, 2.24) is 14.8 Å². The van der Waals surface area contributed by atoms with E-state index in [-0.39, 0.29) is 17.6 Å². The van der Waals surface area contributed by atoms with Gasteiger partial charge in [0.15, 0.2) is 0 Å². The Morgan fingerprint density at radius 3 is 2.68 bits per heavy atom. The van der Waals surface area contributed by atoms with Gasteiger partial charge in [0, 0.05) is 49.8 Å². The molecule has 0 saturated carbocycles. The summed E-state index contributed by atoms with van der Waals surface area (Å²) >= 11 is 1.50. The number of hydrogen-bond acceptors (Lipinski definition) is 5. The third kappa shape index (κ3) is 4.93. The molecule has 0 bridgehead atoms. The number of para-hydroxylation sites is 1. The molecular weight excluding hydrogens is 450 g/mol. The van der Waals surface area contributed by atoms with Crippen LogP contribution in [0.3, 0.4) is 0 Å². The SMILES string of the molecule is CCOCCCNC(=O)C1c2c(n(C)c3ccccc23)SCC(=O)N1Cc1ccc(OC)cc1. The minimum atomic E-state index is -0.724. The van der Waals surface area contributed by atoms with Crippen molar-refractivity contribution < 1.29 is 19.1 Å². The quantitative estimate of drug-likeness (QED) is 0.469. The number of ether oxygens (including phenoxy) is 2. The lowest BCUT2D eigenvalue weighted by Crippen LogP contribution is -2.43. The number of carbonyl (C=O) groups excluding carboxylic acids is 2. The normalized spacial score (nSPS) is 15.8. The van der Waals surface area contributed by atoms with Gasteiger partial charge in [0.2, 0.25) is 11.8 Å². The van der Waals surface area contributed by atoms with Crippen molar-refractivity contribution in [3.8, 4) is 5.75 Å². The van der Waals surface area contributed by atoms with Crippen molar-refractivity contribution in [3.63, 3.8) is 0 Å². The average Bonchev–Trinajstić information content (AvgIpc) is 3.04. The molecule has 34 heavy (non-hydrogen) atoms. The molecule has 8 heteroatoms. The molecule has 7 nitrogen and oxygen atoms in total. The van der Waals surface area contributed by atoms with E-state index < -0.39 is 6.04 Å². The molecule has 0 aliphatic carbocycles. The summed E-state index contributed by atoms with van der Waals surface area (Å²) < 4.78 is 12.8. The van der Waals surface area contributed by atoms with E-state index in [1.165, 1.54) is 11.8 Å². The number of aromatic nitrogens is 1. The largest absolute Gasteiger partial charge is 0.497 e. The lowest BCUT2D eigenvalue weighted by molar-refractivity contribution is -0.139. The van der Waals surface area contributed by atoms with Crippen LogP contribution in [0.25, 0.3) is 10.9 Å². The molecular formula is C26H31N3O4S. The van der Waals surface area contributed by atoms with Gasteiger partial charge in [-0.25, -0.2) is 0 Å². The van der Waals surface area contributed by atoms with Crippen molar-refractivity contribution in [1.29, 1.82) is 0 Å². The van der Waals surface area contributed by atoms with Crippen LogP contribution < -0.4 is 10.1 Å². The molecule has 0 spiro atoms. The number of rotatable bonds is 9. The zero-order valence-electron chi connectivity index (χ0n) is 19.9. The van der Waals surface area contributed by atoms with Gasteiger partial charge < -0.3 is 24.3 Å². The van der Waals surface area contributed by atoms with Gasteiger partial charge in [-0.15, -0.1) is 0 Å². The first-order chi connectivity index (χ1) is 16.5. The fraction of sp³-hybridized carbons (Fsp3) is 0.385. The minimum Gasteiger partial charge on any atom is -0.497 e. The number of amides is 2. The van der Waals surface area contributed by atoms with E-state index in [4.69, 9.17) is 9.47 Å². The number of carbonyl (C=O) groups is 2. The molecule has 1 aromatic heterocycles. The third-order valence-electron chi connectivity index (χ3n) is 6.06. The van der Waals surface area contributed by atoms with Gasteiger partial charge in [-0.1, -0.05) is 42.1 Å². The van der Waals surface area contributed by atoms with Gasteiger partial charge >= 0.3 is 0 Å². The van der Waals surface area contributed by atoms with Crippen LogP contribution in [0.2, 0.25) is 0 Å². The van der Waals surface area contributed by atoms with Gasteiger partial charge in [0.1, 0.15) is 11.8 Å². The average molecular weight is 482 g/mol. The molecule has 1 atom stereocenters. The molecule has 180 valence electrons. The molecule has 0 fully saturated rings. The molecule has 1 aliphatic heterocycles. The number of fused-ring (bicyclic) bond motifs is 3. The maximum absolute atomic E-state index is 13.7. The van der Waals surface area contributed by atoms with Gasteiger partial charge in [-0.2, -0.15) is 0 Å². The predicted octanol–water partition coefficient (Wildman–Crippen LogP) is 3.91. The Kier molecular flexibility index (Phi) is 7.80. The molecule has 1 N–H and O–H groups in total. The number of nitrogens with one attached hydrogen (secondary N) is 1. The Labute approximate surface area is 204 Å². The molecule has 0 radical (unpaired) electrons. The van der Waals surface area contributed by atoms with Crippen molar-refractivity contribution in [2.24, 2.45) is 7.05 Å².